The second-order valence-corrected chi connectivity index (χ2v) is 4.91. The van der Waals surface area contributed by atoms with Crippen LogP contribution in [-0.4, -0.2) is 61.3 Å². The second kappa shape index (κ2) is 5.98. The van der Waals surface area contributed by atoms with Gasteiger partial charge in [0.1, 0.15) is 30.4 Å². The third kappa shape index (κ3) is 2.80. The maximum absolute atomic E-state index is 11.7. The van der Waals surface area contributed by atoms with Crippen molar-refractivity contribution in [3.63, 3.8) is 0 Å². The highest BCUT2D eigenvalue weighted by Crippen LogP contribution is 2.30. The Morgan fingerprint density at radius 1 is 1.41 bits per heavy atom. The first-order valence-corrected chi connectivity index (χ1v) is 6.29. The number of aliphatic hydroxyl groups excluding tert-OH is 3. The number of ether oxygens (including phenoxy) is 1. The van der Waals surface area contributed by atoms with Gasteiger partial charge in [0.15, 0.2) is 12.3 Å². The van der Waals surface area contributed by atoms with Crippen molar-refractivity contribution in [2.24, 2.45) is 0 Å². The summed E-state index contributed by atoms with van der Waals surface area (Å²) in [5, 5.41) is 40.3. The Morgan fingerprint density at radius 2 is 2.05 bits per heavy atom. The van der Waals surface area contributed by atoms with E-state index in [1.54, 1.807) is 0 Å². The molecule has 0 radical (unpaired) electrons. The van der Waals surface area contributed by atoms with Crippen molar-refractivity contribution in [3.8, 4) is 0 Å². The molecule has 0 aliphatic carbocycles. The Labute approximate surface area is 122 Å². The molecular formula is C11H15N3O8. The summed E-state index contributed by atoms with van der Waals surface area (Å²) in [5.41, 5.74) is 1.60. The molecule has 0 aromatic carbocycles. The van der Waals surface area contributed by atoms with Crippen molar-refractivity contribution in [3.05, 3.63) is 33.1 Å². The minimum atomic E-state index is -1.77. The normalized spacial score (nSPS) is 30.9. The number of carbonyl (C=O) groups is 1. The minimum absolute atomic E-state index is 0.666. The van der Waals surface area contributed by atoms with Gasteiger partial charge in [-0.1, -0.05) is 0 Å². The first-order chi connectivity index (χ1) is 10.2. The molecule has 0 spiro atoms. The van der Waals surface area contributed by atoms with E-state index in [-0.39, 0.29) is 0 Å². The van der Waals surface area contributed by atoms with Crippen LogP contribution in [0.2, 0.25) is 0 Å². The van der Waals surface area contributed by atoms with Crippen molar-refractivity contribution in [2.45, 2.75) is 36.7 Å². The quantitative estimate of drug-likeness (QED) is 0.362. The molecule has 0 saturated carbocycles. The summed E-state index contributed by atoms with van der Waals surface area (Å²) in [6.45, 7) is 0. The van der Waals surface area contributed by atoms with Crippen LogP contribution in [0.15, 0.2) is 21.9 Å². The lowest BCUT2D eigenvalue weighted by atomic mass is 10.0. The van der Waals surface area contributed by atoms with Gasteiger partial charge < -0.3 is 35.7 Å². The van der Waals surface area contributed by atoms with E-state index in [4.69, 9.17) is 4.74 Å². The van der Waals surface area contributed by atoms with Crippen LogP contribution in [-0.2, 0) is 9.53 Å². The topological polar surface area (TPSA) is 193 Å². The zero-order valence-electron chi connectivity index (χ0n) is 11.2. The Hall–Kier alpha value is -2.05. The van der Waals surface area contributed by atoms with E-state index in [2.05, 4.69) is 5.73 Å². The Bertz CT molecular complexity index is 670. The Balaban J connectivity index is 2.28. The smallest absolute Gasteiger partial charge is 0.330 e. The number of hydrogen-bond donors (Lipinski definition) is 5. The number of rotatable bonds is 4. The van der Waals surface area contributed by atoms with Crippen LogP contribution >= 0.6 is 0 Å². The predicted molar refractivity (Wildman–Crippen MR) is 64.9 cm³/mol. The van der Waals surface area contributed by atoms with Gasteiger partial charge in [-0.05, 0) is 0 Å². The van der Waals surface area contributed by atoms with Gasteiger partial charge in [-0.3, -0.25) is 14.3 Å². The summed E-state index contributed by atoms with van der Waals surface area (Å²) in [5.74, 6) is -1.66. The maximum Gasteiger partial charge on any atom is 0.330 e. The average Bonchev–Trinajstić information content (AvgIpc) is 2.74. The maximum atomic E-state index is 11.7. The fourth-order valence-corrected chi connectivity index (χ4v) is 2.19. The van der Waals surface area contributed by atoms with Gasteiger partial charge in [0, 0.05) is 12.3 Å². The number of carbonyl (C=O) groups excluding carboxylic acids is 1. The molecule has 22 heavy (non-hydrogen) atoms. The summed E-state index contributed by atoms with van der Waals surface area (Å²) in [7, 11) is 0. The zero-order chi connectivity index (χ0) is 16.6. The molecule has 122 valence electrons. The molecule has 0 bridgehead atoms. The average molecular weight is 317 g/mol. The number of quaternary nitrogens is 1. The van der Waals surface area contributed by atoms with E-state index in [0.29, 0.717) is 0 Å². The highest BCUT2D eigenvalue weighted by Gasteiger charge is 2.49. The number of aromatic amines is 1. The number of carboxylic acid groups (broad SMARTS) is 1. The van der Waals surface area contributed by atoms with E-state index in [0.717, 1.165) is 16.8 Å². The summed E-state index contributed by atoms with van der Waals surface area (Å²) in [4.78, 5) is 35.3. The number of aromatic nitrogens is 2. The largest absolute Gasteiger partial charge is 0.544 e. The van der Waals surface area contributed by atoms with Crippen molar-refractivity contribution < 1.29 is 35.7 Å². The van der Waals surface area contributed by atoms with Gasteiger partial charge in [0.25, 0.3) is 5.56 Å². The SMILES string of the molecule is [NH3+][C@@H](C(=O)[O-])[C@H](O)[C@H]1O[C@@H](n2ccc(=O)[nH]c2=O)[C@H](O)[C@@H]1O. The number of H-pyrrole nitrogens is 1. The van der Waals surface area contributed by atoms with Gasteiger partial charge in [-0.2, -0.15) is 0 Å². The molecule has 1 fully saturated rings. The van der Waals surface area contributed by atoms with Crippen LogP contribution in [0.25, 0.3) is 0 Å². The van der Waals surface area contributed by atoms with Gasteiger partial charge in [0.2, 0.25) is 0 Å². The van der Waals surface area contributed by atoms with Crippen molar-refractivity contribution in [1.29, 1.82) is 0 Å². The van der Waals surface area contributed by atoms with Crippen LogP contribution in [0.5, 0.6) is 0 Å². The van der Waals surface area contributed by atoms with Crippen molar-refractivity contribution >= 4 is 5.97 Å². The van der Waals surface area contributed by atoms with Gasteiger partial charge in [0.05, 0.1) is 0 Å². The van der Waals surface area contributed by atoms with E-state index >= 15 is 0 Å². The minimum Gasteiger partial charge on any atom is -0.544 e. The highest BCUT2D eigenvalue weighted by atomic mass is 16.6. The molecule has 2 rings (SSSR count). The molecule has 1 aromatic rings. The fourth-order valence-electron chi connectivity index (χ4n) is 2.19. The summed E-state index contributed by atoms with van der Waals surface area (Å²) < 4.78 is 5.99. The molecule has 6 atom stereocenters. The van der Waals surface area contributed by atoms with Crippen LogP contribution in [0, 0.1) is 0 Å². The molecular weight excluding hydrogens is 302 g/mol. The van der Waals surface area contributed by atoms with Gasteiger partial charge in [-0.15, -0.1) is 0 Å². The third-order valence-electron chi connectivity index (χ3n) is 3.45. The molecule has 2 heterocycles. The molecule has 0 unspecified atom stereocenters. The Morgan fingerprint density at radius 3 is 2.59 bits per heavy atom. The number of carboxylic acids is 1. The van der Waals surface area contributed by atoms with Crippen LogP contribution in [0.4, 0.5) is 0 Å². The molecule has 1 saturated heterocycles. The number of hydrogen-bond acceptors (Lipinski definition) is 8. The van der Waals surface area contributed by atoms with E-state index in [1.165, 1.54) is 0 Å². The first kappa shape index (κ1) is 16.3. The molecule has 1 aliphatic rings. The number of nitrogens with one attached hydrogen (secondary N) is 1. The standard InChI is InChI=1S/C11H15N3O8/c12-4(10(19)20)5(16)8-6(17)7(18)9(22-8)14-2-1-3(15)13-11(14)21/h1-2,4-9,16-18H,12H2,(H,19,20)(H,13,15,21)/t4-,5+,6+,7-,8-,9-/m1/s1. The lowest BCUT2D eigenvalue weighted by Gasteiger charge is -2.24. The number of aliphatic carboxylic acids is 1. The van der Waals surface area contributed by atoms with Crippen molar-refractivity contribution in [2.75, 3.05) is 0 Å². The number of nitrogens with zero attached hydrogens (tertiary/aromatic N) is 1. The number of aliphatic hydroxyl groups is 3. The molecule has 1 aromatic heterocycles. The monoisotopic (exact) mass is 317 g/mol. The van der Waals surface area contributed by atoms with E-state index in [1.807, 2.05) is 4.98 Å². The van der Waals surface area contributed by atoms with E-state index < -0.39 is 53.9 Å². The summed E-state index contributed by atoms with van der Waals surface area (Å²) >= 11 is 0. The van der Waals surface area contributed by atoms with Crippen molar-refractivity contribution in [1.82, 2.24) is 9.55 Å². The van der Waals surface area contributed by atoms with Gasteiger partial charge >= 0.3 is 5.69 Å². The van der Waals surface area contributed by atoms with E-state index in [9.17, 15) is 34.8 Å². The first-order valence-electron chi connectivity index (χ1n) is 6.29. The fraction of sp³-hybridized carbons (Fsp3) is 0.545. The lowest BCUT2D eigenvalue weighted by molar-refractivity contribution is -0.456. The zero-order valence-corrected chi connectivity index (χ0v) is 11.2. The van der Waals surface area contributed by atoms with Crippen LogP contribution < -0.4 is 22.1 Å². The van der Waals surface area contributed by atoms with Crippen LogP contribution in [0.3, 0.4) is 0 Å². The van der Waals surface area contributed by atoms with Gasteiger partial charge in [-0.25, -0.2) is 4.79 Å². The summed E-state index contributed by atoms with van der Waals surface area (Å²) in [6, 6.07) is -0.614. The predicted octanol–water partition coefficient (Wildman–Crippen LogP) is -6.12. The lowest BCUT2D eigenvalue weighted by Crippen LogP contribution is -2.75. The molecule has 0 amide bonds. The molecule has 1 aliphatic heterocycles. The second-order valence-electron chi connectivity index (χ2n) is 4.91. The highest BCUT2D eigenvalue weighted by molar-refractivity contribution is 5.70. The molecule has 11 heteroatoms. The third-order valence-corrected chi connectivity index (χ3v) is 3.45. The summed E-state index contributed by atoms with van der Waals surface area (Å²) in [6.07, 6.45) is -6.93. The Kier molecular flexibility index (Phi) is 4.44. The molecule has 11 nitrogen and oxygen atoms in total. The van der Waals surface area contributed by atoms with Crippen LogP contribution in [0.1, 0.15) is 6.23 Å². The molecule has 7 N–H and O–H groups in total.